The normalized spacial score (nSPS) is 11.4. The van der Waals surface area contributed by atoms with Crippen LogP contribution >= 0.6 is 0 Å². The lowest BCUT2D eigenvalue weighted by atomic mass is 9.85. The van der Waals surface area contributed by atoms with Crippen molar-refractivity contribution in [2.75, 3.05) is 4.90 Å². The Hall–Kier alpha value is -6.01. The molecule has 0 saturated heterocycles. The number of benzene rings is 8. The molecule has 0 bridgehead atoms. The fourth-order valence-electron chi connectivity index (χ4n) is 6.72. The zero-order chi connectivity index (χ0) is 32.9. The highest BCUT2D eigenvalue weighted by Crippen LogP contribution is 2.46. The molecule has 0 aliphatic heterocycles. The maximum absolute atomic E-state index is 15.2. The Morgan fingerprint density at radius 1 is 0.333 bits per heavy atom. The van der Waals surface area contributed by atoms with Gasteiger partial charge in [0.15, 0.2) is 23.3 Å². The van der Waals surface area contributed by atoms with Gasteiger partial charge in [-0.1, -0.05) is 121 Å². The highest BCUT2D eigenvalue weighted by atomic mass is 19.2. The summed E-state index contributed by atoms with van der Waals surface area (Å²) in [6, 6.07) is 45.9. The number of anilines is 3. The predicted octanol–water partition coefficient (Wildman–Crippen LogP) is 12.6. The van der Waals surface area contributed by atoms with Crippen molar-refractivity contribution in [3.63, 3.8) is 0 Å². The van der Waals surface area contributed by atoms with Crippen molar-refractivity contribution in [1.29, 1.82) is 0 Å². The molecule has 0 atom stereocenters. The summed E-state index contributed by atoms with van der Waals surface area (Å²) in [7, 11) is 0. The molecule has 0 aliphatic carbocycles. The molecule has 0 radical (unpaired) electrons. The minimum absolute atomic E-state index is 0.217. The maximum atomic E-state index is 15.2. The Labute approximate surface area is 272 Å². The molecule has 0 aromatic heterocycles. The third-order valence-corrected chi connectivity index (χ3v) is 8.83. The molecule has 0 fully saturated rings. The standard InChI is InChI=1S/C42H24F5N/c43-37-38(44)40(46)42(41(47)39(37)45)48(27-13-2-1-3-14-27)28-23-21-26(22-24-28)35-31-16-6-8-18-33(31)36(34-19-9-7-17-32(34)35)30-20-10-12-25-11-4-5-15-29(25)30/h1-24H. The molecule has 232 valence electrons. The van der Waals surface area contributed by atoms with Crippen LogP contribution in [0, 0.1) is 29.1 Å². The molecule has 0 N–H and O–H groups in total. The van der Waals surface area contributed by atoms with Gasteiger partial charge in [-0.25, -0.2) is 22.0 Å². The van der Waals surface area contributed by atoms with Gasteiger partial charge < -0.3 is 4.90 Å². The first-order valence-electron chi connectivity index (χ1n) is 15.3. The van der Waals surface area contributed by atoms with Gasteiger partial charge in [0.25, 0.3) is 0 Å². The number of halogens is 5. The van der Waals surface area contributed by atoms with E-state index in [-0.39, 0.29) is 11.4 Å². The van der Waals surface area contributed by atoms with Crippen molar-refractivity contribution >= 4 is 49.4 Å². The topological polar surface area (TPSA) is 3.24 Å². The summed E-state index contributed by atoms with van der Waals surface area (Å²) in [5, 5.41) is 6.40. The fraction of sp³-hybridized carbons (Fsp3) is 0. The van der Waals surface area contributed by atoms with Crippen molar-refractivity contribution in [3.05, 3.63) is 175 Å². The van der Waals surface area contributed by atoms with Crippen LogP contribution in [0.5, 0.6) is 0 Å². The molecule has 8 rings (SSSR count). The molecule has 0 spiro atoms. The van der Waals surface area contributed by atoms with Gasteiger partial charge in [0.1, 0.15) is 5.69 Å². The highest BCUT2D eigenvalue weighted by molar-refractivity contribution is 6.23. The number of nitrogens with zero attached hydrogens (tertiary/aromatic N) is 1. The van der Waals surface area contributed by atoms with Gasteiger partial charge in [0, 0.05) is 11.4 Å². The quantitative estimate of drug-likeness (QED) is 0.0786. The largest absolute Gasteiger partial charge is 0.305 e. The second-order valence-electron chi connectivity index (χ2n) is 11.5. The van der Waals surface area contributed by atoms with E-state index in [0.29, 0.717) is 0 Å². The van der Waals surface area contributed by atoms with Crippen molar-refractivity contribution in [2.45, 2.75) is 0 Å². The van der Waals surface area contributed by atoms with Crippen LogP contribution in [0.2, 0.25) is 0 Å². The number of para-hydroxylation sites is 1. The molecule has 1 nitrogen and oxygen atoms in total. The molecule has 8 aromatic rings. The number of hydrogen-bond acceptors (Lipinski definition) is 1. The van der Waals surface area contributed by atoms with E-state index in [0.717, 1.165) is 59.5 Å². The molecule has 0 aliphatic rings. The summed E-state index contributed by atoms with van der Waals surface area (Å²) in [4.78, 5) is 1.04. The van der Waals surface area contributed by atoms with Crippen molar-refractivity contribution in [2.24, 2.45) is 0 Å². The molecule has 0 heterocycles. The van der Waals surface area contributed by atoms with E-state index < -0.39 is 34.8 Å². The number of rotatable bonds is 5. The monoisotopic (exact) mass is 637 g/mol. The Kier molecular flexibility index (Phi) is 7.14. The van der Waals surface area contributed by atoms with Crippen LogP contribution in [0.1, 0.15) is 0 Å². The van der Waals surface area contributed by atoms with Crippen molar-refractivity contribution in [3.8, 4) is 22.3 Å². The molecule has 0 unspecified atom stereocenters. The zero-order valence-corrected chi connectivity index (χ0v) is 25.2. The molecule has 8 aromatic carbocycles. The van der Waals surface area contributed by atoms with Gasteiger partial charge in [-0.15, -0.1) is 0 Å². The Bertz CT molecular complexity index is 2420. The Morgan fingerprint density at radius 2 is 0.771 bits per heavy atom. The van der Waals surface area contributed by atoms with Gasteiger partial charge in [-0.2, -0.15) is 0 Å². The van der Waals surface area contributed by atoms with Crippen LogP contribution in [0.15, 0.2) is 146 Å². The second kappa shape index (κ2) is 11.7. The molecular formula is C42H24F5N. The SMILES string of the molecule is Fc1c(F)c(F)c(N(c2ccccc2)c2ccc(-c3c4ccccc4c(-c4cccc5ccccc45)c4ccccc34)cc2)c(F)c1F. The highest BCUT2D eigenvalue weighted by Gasteiger charge is 2.31. The second-order valence-corrected chi connectivity index (χ2v) is 11.5. The van der Waals surface area contributed by atoms with Gasteiger partial charge in [0.2, 0.25) is 5.82 Å². The minimum atomic E-state index is -2.21. The third-order valence-electron chi connectivity index (χ3n) is 8.83. The molecular weight excluding hydrogens is 613 g/mol. The first-order valence-corrected chi connectivity index (χ1v) is 15.3. The summed E-state index contributed by atoms with van der Waals surface area (Å²) >= 11 is 0. The van der Waals surface area contributed by atoms with Gasteiger partial charge >= 0.3 is 0 Å². The van der Waals surface area contributed by atoms with Crippen LogP contribution in [0.3, 0.4) is 0 Å². The van der Waals surface area contributed by atoms with E-state index in [4.69, 9.17) is 0 Å². The van der Waals surface area contributed by atoms with E-state index in [1.165, 1.54) is 0 Å². The van der Waals surface area contributed by atoms with Gasteiger partial charge in [-0.3, -0.25) is 0 Å². The average Bonchev–Trinajstić information content (AvgIpc) is 3.14. The lowest BCUT2D eigenvalue weighted by Crippen LogP contribution is -2.17. The summed E-state index contributed by atoms with van der Waals surface area (Å²) in [6.45, 7) is 0. The third kappa shape index (κ3) is 4.60. The van der Waals surface area contributed by atoms with Crippen LogP contribution in [0.25, 0.3) is 54.6 Å². The first kappa shape index (κ1) is 29.4. The Balaban J connectivity index is 1.36. The summed E-state index contributed by atoms with van der Waals surface area (Å²) < 4.78 is 73.4. The molecule has 6 heteroatoms. The van der Waals surface area contributed by atoms with Crippen LogP contribution in [0.4, 0.5) is 39.0 Å². The first-order chi connectivity index (χ1) is 23.4. The maximum Gasteiger partial charge on any atom is 0.200 e. The fourth-order valence-corrected chi connectivity index (χ4v) is 6.72. The lowest BCUT2D eigenvalue weighted by Gasteiger charge is -2.27. The smallest absolute Gasteiger partial charge is 0.200 e. The number of hydrogen-bond donors (Lipinski definition) is 0. The summed E-state index contributed by atoms with van der Waals surface area (Å²) in [6.07, 6.45) is 0. The van der Waals surface area contributed by atoms with Crippen LogP contribution in [-0.4, -0.2) is 0 Å². The van der Waals surface area contributed by atoms with E-state index in [1.54, 1.807) is 42.5 Å². The zero-order valence-electron chi connectivity index (χ0n) is 25.2. The van der Waals surface area contributed by atoms with Crippen LogP contribution < -0.4 is 4.90 Å². The van der Waals surface area contributed by atoms with E-state index in [2.05, 4.69) is 54.6 Å². The van der Waals surface area contributed by atoms with E-state index >= 15 is 8.78 Å². The summed E-state index contributed by atoms with van der Waals surface area (Å²) in [5.74, 6) is -10.1. The average molecular weight is 638 g/mol. The summed E-state index contributed by atoms with van der Waals surface area (Å²) in [5.41, 5.74) is 3.39. The molecule has 0 saturated carbocycles. The lowest BCUT2D eigenvalue weighted by molar-refractivity contribution is 0.380. The minimum Gasteiger partial charge on any atom is -0.305 e. The van der Waals surface area contributed by atoms with Gasteiger partial charge in [0.05, 0.1) is 0 Å². The van der Waals surface area contributed by atoms with E-state index in [9.17, 15) is 13.2 Å². The van der Waals surface area contributed by atoms with Crippen molar-refractivity contribution < 1.29 is 22.0 Å². The van der Waals surface area contributed by atoms with Crippen molar-refractivity contribution in [1.82, 2.24) is 0 Å². The molecule has 0 amide bonds. The predicted molar refractivity (Wildman–Crippen MR) is 184 cm³/mol. The molecule has 48 heavy (non-hydrogen) atoms. The van der Waals surface area contributed by atoms with E-state index in [1.807, 2.05) is 48.5 Å². The Morgan fingerprint density at radius 3 is 1.35 bits per heavy atom. The number of fused-ring (bicyclic) bond motifs is 3. The van der Waals surface area contributed by atoms with Crippen LogP contribution in [-0.2, 0) is 0 Å². The van der Waals surface area contributed by atoms with Gasteiger partial charge in [-0.05, 0) is 78.8 Å².